The number of rotatable bonds is 3. The summed E-state index contributed by atoms with van der Waals surface area (Å²) in [4.78, 5) is 1.34. The van der Waals surface area contributed by atoms with Crippen molar-refractivity contribution in [2.75, 3.05) is 5.32 Å². The summed E-state index contributed by atoms with van der Waals surface area (Å²) in [5, 5.41) is 3.46. The molecular weight excluding hydrogens is 270 g/mol. The van der Waals surface area contributed by atoms with E-state index in [2.05, 4.69) is 52.4 Å². The molecule has 0 aliphatic carbocycles. The molecule has 15 heavy (non-hydrogen) atoms. The van der Waals surface area contributed by atoms with E-state index in [-0.39, 0.29) is 0 Å². The Morgan fingerprint density at radius 2 is 1.87 bits per heavy atom. The van der Waals surface area contributed by atoms with Gasteiger partial charge in [-0.1, -0.05) is 18.2 Å². The molecule has 0 saturated heterocycles. The molecule has 0 aliphatic rings. The third kappa shape index (κ3) is 2.83. The second-order valence-electron chi connectivity index (χ2n) is 3.37. The maximum absolute atomic E-state index is 3.48. The molecule has 1 nitrogen and oxygen atoms in total. The van der Waals surface area contributed by atoms with Crippen LogP contribution in [0.1, 0.15) is 17.8 Å². The fourth-order valence-corrected chi connectivity index (χ4v) is 2.84. The summed E-state index contributed by atoms with van der Waals surface area (Å²) in [7, 11) is 0. The number of hydrogen-bond acceptors (Lipinski definition) is 2. The maximum Gasteiger partial charge on any atom is 0.0702 e. The first-order valence-corrected chi connectivity index (χ1v) is 6.43. The third-order valence-electron chi connectivity index (χ3n) is 2.18. The molecule has 0 fully saturated rings. The molecule has 2 aromatic rings. The molecule has 3 heteroatoms. The molecule has 0 aliphatic heterocycles. The van der Waals surface area contributed by atoms with Crippen LogP contribution in [-0.4, -0.2) is 0 Å². The van der Waals surface area contributed by atoms with Gasteiger partial charge in [0.1, 0.15) is 0 Å². The van der Waals surface area contributed by atoms with Gasteiger partial charge in [0.2, 0.25) is 0 Å². The zero-order chi connectivity index (χ0) is 10.7. The van der Waals surface area contributed by atoms with E-state index in [1.54, 1.807) is 11.3 Å². The Kier molecular flexibility index (Phi) is 3.44. The minimum atomic E-state index is 0.351. The normalized spacial score (nSPS) is 12.4. The first kappa shape index (κ1) is 10.7. The van der Waals surface area contributed by atoms with Gasteiger partial charge >= 0.3 is 0 Å². The highest BCUT2D eigenvalue weighted by molar-refractivity contribution is 9.11. The van der Waals surface area contributed by atoms with E-state index in [0.717, 1.165) is 5.69 Å². The van der Waals surface area contributed by atoms with Crippen molar-refractivity contribution in [1.82, 2.24) is 0 Å². The van der Waals surface area contributed by atoms with Crippen LogP contribution in [0.4, 0.5) is 5.69 Å². The molecule has 0 bridgehead atoms. The highest BCUT2D eigenvalue weighted by Gasteiger charge is 2.07. The van der Waals surface area contributed by atoms with Gasteiger partial charge in [-0.05, 0) is 47.1 Å². The Morgan fingerprint density at radius 3 is 2.47 bits per heavy atom. The highest BCUT2D eigenvalue weighted by atomic mass is 79.9. The van der Waals surface area contributed by atoms with Crippen LogP contribution < -0.4 is 5.32 Å². The molecule has 0 amide bonds. The molecule has 1 N–H and O–H groups in total. The maximum atomic E-state index is 3.48. The molecule has 1 unspecified atom stereocenters. The minimum absolute atomic E-state index is 0.351. The van der Waals surface area contributed by atoms with E-state index in [1.807, 2.05) is 18.2 Å². The van der Waals surface area contributed by atoms with Crippen LogP contribution in [0, 0.1) is 0 Å². The number of nitrogens with one attached hydrogen (secondary N) is 1. The highest BCUT2D eigenvalue weighted by Crippen LogP contribution is 2.29. The van der Waals surface area contributed by atoms with Crippen LogP contribution in [0.2, 0.25) is 0 Å². The third-order valence-corrected chi connectivity index (χ3v) is 3.98. The number of anilines is 1. The van der Waals surface area contributed by atoms with E-state index >= 15 is 0 Å². The van der Waals surface area contributed by atoms with Crippen molar-refractivity contribution in [3.05, 3.63) is 51.1 Å². The van der Waals surface area contributed by atoms with Gasteiger partial charge in [0.25, 0.3) is 0 Å². The SMILES string of the molecule is CC(Nc1ccccc1)c1ccc(Br)s1. The van der Waals surface area contributed by atoms with Crippen LogP contribution >= 0.6 is 27.3 Å². The van der Waals surface area contributed by atoms with Gasteiger partial charge < -0.3 is 5.32 Å². The van der Waals surface area contributed by atoms with E-state index in [0.29, 0.717) is 6.04 Å². The van der Waals surface area contributed by atoms with Crippen molar-refractivity contribution in [2.45, 2.75) is 13.0 Å². The van der Waals surface area contributed by atoms with Crippen LogP contribution in [0.15, 0.2) is 46.3 Å². The average Bonchev–Trinajstić information content (AvgIpc) is 2.66. The largest absolute Gasteiger partial charge is 0.378 e. The lowest BCUT2D eigenvalue weighted by molar-refractivity contribution is 0.908. The molecule has 1 heterocycles. The predicted octanol–water partition coefficient (Wildman–Crippen LogP) is 4.68. The Balaban J connectivity index is 2.07. The standard InChI is InChI=1S/C12H12BrNS/c1-9(11-7-8-12(13)15-11)14-10-5-3-2-4-6-10/h2-9,14H,1H3. The lowest BCUT2D eigenvalue weighted by atomic mass is 10.2. The van der Waals surface area contributed by atoms with Gasteiger partial charge in [-0.15, -0.1) is 11.3 Å². The summed E-state index contributed by atoms with van der Waals surface area (Å²) in [5.74, 6) is 0. The summed E-state index contributed by atoms with van der Waals surface area (Å²) in [6.07, 6.45) is 0. The van der Waals surface area contributed by atoms with Crippen molar-refractivity contribution in [1.29, 1.82) is 0 Å². The second-order valence-corrected chi connectivity index (χ2v) is 5.87. The summed E-state index contributed by atoms with van der Waals surface area (Å²) in [5.41, 5.74) is 1.16. The van der Waals surface area contributed by atoms with E-state index in [1.165, 1.54) is 8.66 Å². The molecule has 1 aromatic heterocycles. The zero-order valence-corrected chi connectivity index (χ0v) is 10.8. The second kappa shape index (κ2) is 4.81. The van der Waals surface area contributed by atoms with Crippen molar-refractivity contribution >= 4 is 33.0 Å². The number of benzene rings is 1. The van der Waals surface area contributed by atoms with Gasteiger partial charge in [0.15, 0.2) is 0 Å². The smallest absolute Gasteiger partial charge is 0.0702 e. The van der Waals surface area contributed by atoms with Crippen LogP contribution in [0.3, 0.4) is 0 Å². The molecule has 0 radical (unpaired) electrons. The summed E-state index contributed by atoms with van der Waals surface area (Å²) in [6, 6.07) is 14.9. The Labute approximate surface area is 102 Å². The van der Waals surface area contributed by atoms with Crippen LogP contribution in [0.5, 0.6) is 0 Å². The lowest BCUT2D eigenvalue weighted by Crippen LogP contribution is -2.04. The molecule has 0 saturated carbocycles. The number of halogens is 1. The monoisotopic (exact) mass is 281 g/mol. The molecule has 78 valence electrons. The van der Waals surface area contributed by atoms with Crippen LogP contribution in [0.25, 0.3) is 0 Å². The minimum Gasteiger partial charge on any atom is -0.378 e. The first-order valence-electron chi connectivity index (χ1n) is 4.82. The summed E-state index contributed by atoms with van der Waals surface area (Å²) in [6.45, 7) is 2.17. The Bertz CT molecular complexity index is 424. The van der Waals surface area contributed by atoms with Gasteiger partial charge in [-0.25, -0.2) is 0 Å². The van der Waals surface area contributed by atoms with Crippen molar-refractivity contribution in [3.8, 4) is 0 Å². The number of hydrogen-bond donors (Lipinski definition) is 1. The van der Waals surface area contributed by atoms with Crippen molar-refractivity contribution in [2.24, 2.45) is 0 Å². The van der Waals surface area contributed by atoms with Crippen molar-refractivity contribution < 1.29 is 0 Å². The quantitative estimate of drug-likeness (QED) is 0.861. The summed E-state index contributed by atoms with van der Waals surface area (Å²) < 4.78 is 1.18. The van der Waals surface area contributed by atoms with E-state index in [4.69, 9.17) is 0 Å². The molecule has 1 atom stereocenters. The Morgan fingerprint density at radius 1 is 1.13 bits per heavy atom. The van der Waals surface area contributed by atoms with Gasteiger partial charge in [-0.2, -0.15) is 0 Å². The summed E-state index contributed by atoms with van der Waals surface area (Å²) >= 11 is 5.25. The molecular formula is C12H12BrNS. The van der Waals surface area contributed by atoms with Gasteiger partial charge in [-0.3, -0.25) is 0 Å². The number of para-hydroxylation sites is 1. The zero-order valence-electron chi connectivity index (χ0n) is 8.41. The number of thiophene rings is 1. The fraction of sp³-hybridized carbons (Fsp3) is 0.167. The molecule has 1 aromatic carbocycles. The lowest BCUT2D eigenvalue weighted by Gasteiger charge is -2.13. The first-order chi connectivity index (χ1) is 7.25. The molecule has 0 spiro atoms. The van der Waals surface area contributed by atoms with Crippen molar-refractivity contribution in [3.63, 3.8) is 0 Å². The predicted molar refractivity (Wildman–Crippen MR) is 70.5 cm³/mol. The topological polar surface area (TPSA) is 12.0 Å². The van der Waals surface area contributed by atoms with Crippen LogP contribution in [-0.2, 0) is 0 Å². The van der Waals surface area contributed by atoms with Gasteiger partial charge in [0.05, 0.1) is 9.83 Å². The molecule has 2 rings (SSSR count). The Hall–Kier alpha value is -0.800. The fourth-order valence-electron chi connectivity index (χ4n) is 1.42. The average molecular weight is 282 g/mol. The van der Waals surface area contributed by atoms with Gasteiger partial charge in [0, 0.05) is 10.6 Å². The van der Waals surface area contributed by atoms with E-state index in [9.17, 15) is 0 Å². The van der Waals surface area contributed by atoms with E-state index < -0.39 is 0 Å².